The number of anilines is 1. The smallest absolute Gasteiger partial charge is 0.254 e. The number of carbonyl (C=O) groups is 1. The van der Waals surface area contributed by atoms with E-state index >= 15 is 0 Å². The number of hydrogen-bond donors (Lipinski definition) is 0. The van der Waals surface area contributed by atoms with E-state index < -0.39 is 0 Å². The summed E-state index contributed by atoms with van der Waals surface area (Å²) in [6.07, 6.45) is 0. The second kappa shape index (κ2) is 7.81. The normalized spacial score (nSPS) is 14.7. The van der Waals surface area contributed by atoms with Crippen LogP contribution >= 0.6 is 0 Å². The van der Waals surface area contributed by atoms with Crippen LogP contribution in [0, 0.1) is 6.92 Å². The molecule has 1 heterocycles. The number of amides is 1. The zero-order chi connectivity index (χ0) is 18.7. The zero-order valence-corrected chi connectivity index (χ0v) is 16.2. The summed E-state index contributed by atoms with van der Waals surface area (Å²) in [5.41, 5.74) is 4.73. The molecular weight excluding hydrogens is 324 g/mol. The summed E-state index contributed by atoms with van der Waals surface area (Å²) in [5.74, 6) is 1.29. The Balaban J connectivity index is 1.73. The summed E-state index contributed by atoms with van der Waals surface area (Å²) in [4.78, 5) is 17.2. The molecule has 0 aliphatic carbocycles. The predicted molar refractivity (Wildman–Crippen MR) is 106 cm³/mol. The minimum Gasteiger partial charge on any atom is -0.497 e. The maximum Gasteiger partial charge on any atom is 0.254 e. The number of hydrogen-bond acceptors (Lipinski definition) is 3. The van der Waals surface area contributed by atoms with Crippen LogP contribution in [0.4, 0.5) is 5.69 Å². The van der Waals surface area contributed by atoms with Gasteiger partial charge in [-0.15, -0.1) is 0 Å². The molecule has 0 radical (unpaired) electrons. The number of ether oxygens (including phenoxy) is 1. The van der Waals surface area contributed by atoms with Gasteiger partial charge in [-0.1, -0.05) is 38.1 Å². The Bertz CT molecular complexity index is 777. The highest BCUT2D eigenvalue weighted by atomic mass is 16.5. The Labute approximate surface area is 156 Å². The standard InChI is InChI=1S/C22H28N2O2/c1-16(2)20-10-5-7-17(3)21(20)23-11-13-24(14-12-23)22(25)18-8-6-9-19(15-18)26-4/h5-10,15-16H,11-14H2,1-4H3. The van der Waals surface area contributed by atoms with Crippen molar-refractivity contribution in [2.45, 2.75) is 26.7 Å². The van der Waals surface area contributed by atoms with Gasteiger partial charge in [-0.3, -0.25) is 4.79 Å². The van der Waals surface area contributed by atoms with E-state index in [9.17, 15) is 4.79 Å². The third-order valence-electron chi connectivity index (χ3n) is 5.09. The highest BCUT2D eigenvalue weighted by Gasteiger charge is 2.25. The molecule has 2 aromatic rings. The molecule has 26 heavy (non-hydrogen) atoms. The molecule has 0 saturated carbocycles. The van der Waals surface area contributed by atoms with Crippen molar-refractivity contribution < 1.29 is 9.53 Å². The van der Waals surface area contributed by atoms with Crippen LogP contribution in [0.25, 0.3) is 0 Å². The van der Waals surface area contributed by atoms with Gasteiger partial charge in [0.2, 0.25) is 0 Å². The number of rotatable bonds is 4. The number of methoxy groups -OCH3 is 1. The van der Waals surface area contributed by atoms with E-state index in [-0.39, 0.29) is 5.91 Å². The third kappa shape index (κ3) is 3.69. The van der Waals surface area contributed by atoms with Crippen LogP contribution in [-0.2, 0) is 0 Å². The Morgan fingerprint density at radius 3 is 2.38 bits per heavy atom. The van der Waals surface area contributed by atoms with E-state index in [1.807, 2.05) is 29.2 Å². The van der Waals surface area contributed by atoms with Crippen molar-refractivity contribution in [2.24, 2.45) is 0 Å². The average Bonchev–Trinajstić information content (AvgIpc) is 2.67. The van der Waals surface area contributed by atoms with Gasteiger partial charge in [0, 0.05) is 37.4 Å². The number of piperazine rings is 1. The summed E-state index contributed by atoms with van der Waals surface area (Å²) >= 11 is 0. The van der Waals surface area contributed by atoms with Gasteiger partial charge in [-0.05, 0) is 42.2 Å². The lowest BCUT2D eigenvalue weighted by Crippen LogP contribution is -2.49. The summed E-state index contributed by atoms with van der Waals surface area (Å²) in [6, 6.07) is 13.9. The SMILES string of the molecule is COc1cccc(C(=O)N2CCN(c3c(C)cccc3C(C)C)CC2)c1. The highest BCUT2D eigenvalue weighted by Crippen LogP contribution is 2.31. The van der Waals surface area contributed by atoms with Crippen molar-refractivity contribution in [3.63, 3.8) is 0 Å². The summed E-state index contributed by atoms with van der Waals surface area (Å²) in [6.45, 7) is 9.85. The molecule has 1 saturated heterocycles. The first kappa shape index (κ1) is 18.3. The quantitative estimate of drug-likeness (QED) is 0.831. The largest absolute Gasteiger partial charge is 0.497 e. The molecule has 0 N–H and O–H groups in total. The molecule has 1 fully saturated rings. The fraction of sp³-hybridized carbons (Fsp3) is 0.409. The van der Waals surface area contributed by atoms with E-state index in [4.69, 9.17) is 4.74 Å². The van der Waals surface area contributed by atoms with E-state index in [2.05, 4.69) is 43.9 Å². The molecular formula is C22H28N2O2. The van der Waals surface area contributed by atoms with Crippen molar-refractivity contribution in [2.75, 3.05) is 38.2 Å². The maximum absolute atomic E-state index is 12.8. The topological polar surface area (TPSA) is 32.8 Å². The second-order valence-corrected chi connectivity index (χ2v) is 7.18. The van der Waals surface area contributed by atoms with Crippen LogP contribution in [0.1, 0.15) is 41.3 Å². The van der Waals surface area contributed by atoms with Gasteiger partial charge in [-0.2, -0.15) is 0 Å². The highest BCUT2D eigenvalue weighted by molar-refractivity contribution is 5.94. The monoisotopic (exact) mass is 352 g/mol. The van der Waals surface area contributed by atoms with Crippen LogP contribution in [-0.4, -0.2) is 44.1 Å². The van der Waals surface area contributed by atoms with Crippen LogP contribution in [0.2, 0.25) is 0 Å². The van der Waals surface area contributed by atoms with E-state index in [0.717, 1.165) is 31.9 Å². The zero-order valence-electron chi connectivity index (χ0n) is 16.2. The first-order valence-electron chi connectivity index (χ1n) is 9.29. The van der Waals surface area contributed by atoms with E-state index in [1.54, 1.807) is 7.11 Å². The molecule has 0 atom stereocenters. The van der Waals surface area contributed by atoms with Crippen molar-refractivity contribution in [1.29, 1.82) is 0 Å². The lowest BCUT2D eigenvalue weighted by atomic mass is 9.97. The van der Waals surface area contributed by atoms with Gasteiger partial charge in [0.15, 0.2) is 0 Å². The van der Waals surface area contributed by atoms with Gasteiger partial charge in [0.05, 0.1) is 7.11 Å². The predicted octanol–water partition coefficient (Wildman–Crippen LogP) is 4.09. The number of carbonyl (C=O) groups excluding carboxylic acids is 1. The fourth-order valence-electron chi connectivity index (χ4n) is 3.65. The second-order valence-electron chi connectivity index (χ2n) is 7.18. The number of benzene rings is 2. The fourth-order valence-corrected chi connectivity index (χ4v) is 3.65. The number of para-hydroxylation sites is 1. The van der Waals surface area contributed by atoms with Crippen molar-refractivity contribution >= 4 is 11.6 Å². The first-order valence-corrected chi connectivity index (χ1v) is 9.29. The third-order valence-corrected chi connectivity index (χ3v) is 5.09. The summed E-state index contributed by atoms with van der Waals surface area (Å²) in [7, 11) is 1.62. The molecule has 0 aromatic heterocycles. The first-order chi connectivity index (χ1) is 12.5. The minimum absolute atomic E-state index is 0.0809. The molecule has 4 heteroatoms. The Morgan fingerprint density at radius 1 is 1.04 bits per heavy atom. The number of aryl methyl sites for hydroxylation is 1. The molecule has 138 valence electrons. The Hall–Kier alpha value is -2.49. The molecule has 1 amide bonds. The van der Waals surface area contributed by atoms with Crippen molar-refractivity contribution in [1.82, 2.24) is 4.90 Å². The lowest BCUT2D eigenvalue weighted by molar-refractivity contribution is 0.0746. The van der Waals surface area contributed by atoms with Gasteiger partial charge in [0.1, 0.15) is 5.75 Å². The van der Waals surface area contributed by atoms with Crippen LogP contribution < -0.4 is 9.64 Å². The molecule has 3 rings (SSSR count). The molecule has 0 unspecified atom stereocenters. The van der Waals surface area contributed by atoms with Gasteiger partial charge < -0.3 is 14.5 Å². The summed E-state index contributed by atoms with van der Waals surface area (Å²) < 4.78 is 5.24. The van der Waals surface area contributed by atoms with Crippen molar-refractivity contribution in [3.05, 3.63) is 59.2 Å². The molecule has 1 aliphatic rings. The summed E-state index contributed by atoms with van der Waals surface area (Å²) in [5, 5.41) is 0. The molecule has 1 aliphatic heterocycles. The number of nitrogens with zero attached hydrogens (tertiary/aromatic N) is 2. The van der Waals surface area contributed by atoms with Gasteiger partial charge in [-0.25, -0.2) is 0 Å². The molecule has 0 bridgehead atoms. The average molecular weight is 352 g/mol. The van der Waals surface area contributed by atoms with Crippen LogP contribution in [0.3, 0.4) is 0 Å². The minimum atomic E-state index is 0.0809. The molecule has 4 nitrogen and oxygen atoms in total. The van der Waals surface area contributed by atoms with Crippen LogP contribution in [0.15, 0.2) is 42.5 Å². The molecule has 0 spiro atoms. The van der Waals surface area contributed by atoms with Crippen molar-refractivity contribution in [3.8, 4) is 5.75 Å². The van der Waals surface area contributed by atoms with Gasteiger partial charge in [0.25, 0.3) is 5.91 Å². The molecule has 2 aromatic carbocycles. The van der Waals surface area contributed by atoms with E-state index in [0.29, 0.717) is 11.5 Å². The van der Waals surface area contributed by atoms with E-state index in [1.165, 1.54) is 16.8 Å². The van der Waals surface area contributed by atoms with Crippen LogP contribution in [0.5, 0.6) is 5.75 Å². The maximum atomic E-state index is 12.8. The Kier molecular flexibility index (Phi) is 5.50. The van der Waals surface area contributed by atoms with Gasteiger partial charge >= 0.3 is 0 Å². The Morgan fingerprint density at radius 2 is 1.73 bits per heavy atom. The lowest BCUT2D eigenvalue weighted by Gasteiger charge is -2.38.